The zero-order valence-electron chi connectivity index (χ0n) is 31.9. The number of esters is 1. The molecule has 0 bridgehead atoms. The Bertz CT molecular complexity index is 1520. The van der Waals surface area contributed by atoms with Gasteiger partial charge in [-0.1, -0.05) is 59.6 Å². The standard InChI is InChI=1S/C38H58N6O7S/c1-9-23(4)33(42-35(47)30-12-10-11-17-43(30)7)37(48)44(8)31(22(2)3)20-32(51-25(6)45)36-41-29(21-52-36)34(46)40-28(18-24(5)38(49)50)19-26-13-15-27(39)16-14-26/h13-16,21-24,28,30-33H,9-12,17-20,39H2,1-8H3,(H,40,46)(H,42,47)(H,49,50)/t23-,24+,28+,30+,31+,32+,33-/m0/s1. The molecule has 288 valence electrons. The molecular formula is C38H58N6O7S. The number of benzene rings is 1. The van der Waals surface area contributed by atoms with Crippen molar-refractivity contribution in [2.45, 2.75) is 117 Å². The number of rotatable bonds is 18. The van der Waals surface area contributed by atoms with Crippen molar-refractivity contribution in [1.29, 1.82) is 0 Å². The molecule has 2 aromatic rings. The van der Waals surface area contributed by atoms with Gasteiger partial charge in [-0.25, -0.2) is 4.98 Å². The first kappa shape index (κ1) is 42.4. The van der Waals surface area contributed by atoms with Crippen LogP contribution in [0.2, 0.25) is 0 Å². The van der Waals surface area contributed by atoms with Gasteiger partial charge in [0.1, 0.15) is 16.7 Å². The molecule has 0 aliphatic carbocycles. The fraction of sp³-hybridized carbons (Fsp3) is 0.632. The number of hydrogen-bond donors (Lipinski definition) is 4. The Morgan fingerprint density at radius 2 is 1.75 bits per heavy atom. The third kappa shape index (κ3) is 12.0. The number of carboxylic acid groups (broad SMARTS) is 1. The van der Waals surface area contributed by atoms with Gasteiger partial charge in [-0.2, -0.15) is 0 Å². The molecule has 1 aromatic heterocycles. The van der Waals surface area contributed by atoms with Crippen molar-refractivity contribution >= 4 is 46.7 Å². The minimum atomic E-state index is -0.963. The summed E-state index contributed by atoms with van der Waals surface area (Å²) in [6.45, 7) is 11.6. The lowest BCUT2D eigenvalue weighted by Crippen LogP contribution is -2.58. The molecule has 1 aliphatic heterocycles. The molecule has 14 heteroatoms. The Labute approximate surface area is 312 Å². The number of carboxylic acids is 1. The fourth-order valence-corrected chi connectivity index (χ4v) is 7.52. The van der Waals surface area contributed by atoms with Gasteiger partial charge in [0.15, 0.2) is 6.10 Å². The van der Waals surface area contributed by atoms with E-state index in [1.807, 2.05) is 51.8 Å². The first-order valence-electron chi connectivity index (χ1n) is 18.3. The smallest absolute Gasteiger partial charge is 0.306 e. The molecule has 1 fully saturated rings. The third-order valence-electron chi connectivity index (χ3n) is 10.1. The third-order valence-corrected chi connectivity index (χ3v) is 11.1. The second-order valence-corrected chi connectivity index (χ2v) is 15.5. The number of aromatic nitrogens is 1. The molecule has 2 heterocycles. The number of carbonyl (C=O) groups is 5. The molecule has 0 unspecified atom stereocenters. The van der Waals surface area contributed by atoms with Crippen LogP contribution < -0.4 is 16.4 Å². The summed E-state index contributed by atoms with van der Waals surface area (Å²) < 4.78 is 5.76. The number of nitrogens with two attached hydrogens (primary N) is 1. The van der Waals surface area contributed by atoms with Crippen LogP contribution in [0, 0.1) is 17.8 Å². The van der Waals surface area contributed by atoms with Crippen LogP contribution in [0.1, 0.15) is 107 Å². The lowest BCUT2D eigenvalue weighted by Gasteiger charge is -2.38. The van der Waals surface area contributed by atoms with Gasteiger partial charge in [-0.05, 0) is 68.8 Å². The van der Waals surface area contributed by atoms with E-state index in [0.717, 1.165) is 31.4 Å². The van der Waals surface area contributed by atoms with Crippen molar-refractivity contribution < 1.29 is 33.8 Å². The molecule has 1 saturated heterocycles. The van der Waals surface area contributed by atoms with Gasteiger partial charge in [0.2, 0.25) is 11.8 Å². The molecule has 3 rings (SSSR count). The SMILES string of the molecule is CC[C@H](C)[C@H](NC(=O)[C@H]1CCCCN1C)C(=O)N(C)[C@H](C[C@@H](OC(C)=O)c1nc(C(=O)N[C@@H](Cc2ccc(N)cc2)C[C@@H](C)C(=O)O)cs1)C(C)C. The number of thiazole rings is 1. The van der Waals surface area contributed by atoms with Crippen molar-refractivity contribution in [1.82, 2.24) is 25.4 Å². The highest BCUT2D eigenvalue weighted by Gasteiger charge is 2.37. The number of nitrogens with zero attached hydrogens (tertiary/aromatic N) is 3. The van der Waals surface area contributed by atoms with Crippen molar-refractivity contribution in [3.8, 4) is 0 Å². The Morgan fingerprint density at radius 1 is 1.08 bits per heavy atom. The number of piperidine rings is 1. The van der Waals surface area contributed by atoms with Gasteiger partial charge in [0.25, 0.3) is 5.91 Å². The highest BCUT2D eigenvalue weighted by molar-refractivity contribution is 7.09. The number of hydrogen-bond acceptors (Lipinski definition) is 10. The second-order valence-electron chi connectivity index (χ2n) is 14.6. The van der Waals surface area contributed by atoms with Gasteiger partial charge < -0.3 is 31.1 Å². The quantitative estimate of drug-likeness (QED) is 0.124. The van der Waals surface area contributed by atoms with E-state index < -0.39 is 48.0 Å². The minimum Gasteiger partial charge on any atom is -0.481 e. The molecule has 5 N–H and O–H groups in total. The number of amides is 3. The molecule has 7 atom stereocenters. The van der Waals surface area contributed by atoms with E-state index in [9.17, 15) is 29.1 Å². The summed E-state index contributed by atoms with van der Waals surface area (Å²) in [5.41, 5.74) is 7.42. The largest absolute Gasteiger partial charge is 0.481 e. The van der Waals surface area contributed by atoms with Gasteiger partial charge in [-0.3, -0.25) is 28.9 Å². The number of aliphatic carboxylic acids is 1. The molecule has 1 aliphatic rings. The van der Waals surface area contributed by atoms with Crippen LogP contribution in [0.5, 0.6) is 0 Å². The maximum atomic E-state index is 14.2. The Hall–Kier alpha value is -4.04. The normalized spacial score (nSPS) is 18.4. The molecular weight excluding hydrogens is 685 g/mol. The van der Waals surface area contributed by atoms with Crippen molar-refractivity contribution in [3.63, 3.8) is 0 Å². The van der Waals surface area contributed by atoms with Crippen LogP contribution in [0.3, 0.4) is 0 Å². The first-order valence-corrected chi connectivity index (χ1v) is 19.2. The van der Waals surface area contributed by atoms with Crippen LogP contribution in [0.15, 0.2) is 29.6 Å². The lowest BCUT2D eigenvalue weighted by atomic mass is 9.92. The van der Waals surface area contributed by atoms with E-state index in [4.69, 9.17) is 10.5 Å². The number of nitrogen functional groups attached to an aromatic ring is 1. The van der Waals surface area contributed by atoms with E-state index in [2.05, 4.69) is 15.6 Å². The van der Waals surface area contributed by atoms with Crippen molar-refractivity contribution in [2.24, 2.45) is 17.8 Å². The summed E-state index contributed by atoms with van der Waals surface area (Å²) in [5.74, 6) is -3.22. The number of likely N-dealkylation sites (N-methyl/N-ethyl adjacent to an activating group) is 2. The van der Waals surface area contributed by atoms with Crippen molar-refractivity contribution in [2.75, 3.05) is 26.4 Å². The molecule has 0 spiro atoms. The van der Waals surface area contributed by atoms with Crippen LogP contribution >= 0.6 is 11.3 Å². The van der Waals surface area contributed by atoms with Gasteiger partial charge in [0, 0.05) is 43.5 Å². The average molecular weight is 743 g/mol. The second kappa shape index (κ2) is 19.7. The number of carbonyl (C=O) groups excluding carboxylic acids is 4. The summed E-state index contributed by atoms with van der Waals surface area (Å²) in [4.78, 5) is 73.3. The number of nitrogens with one attached hydrogen (secondary N) is 2. The topological polar surface area (TPSA) is 184 Å². The number of likely N-dealkylation sites (tertiary alicyclic amines) is 1. The van der Waals surface area contributed by atoms with Crippen LogP contribution in [-0.4, -0.2) is 94.4 Å². The van der Waals surface area contributed by atoms with Gasteiger partial charge in [0.05, 0.1) is 12.0 Å². The molecule has 0 radical (unpaired) electrons. The fourth-order valence-electron chi connectivity index (χ4n) is 6.68. The zero-order chi connectivity index (χ0) is 38.7. The molecule has 1 aromatic carbocycles. The monoisotopic (exact) mass is 742 g/mol. The summed E-state index contributed by atoms with van der Waals surface area (Å²) in [6, 6.07) is 5.27. The Morgan fingerprint density at radius 3 is 2.33 bits per heavy atom. The van der Waals surface area contributed by atoms with E-state index in [-0.39, 0.29) is 48.2 Å². The first-order chi connectivity index (χ1) is 24.5. The summed E-state index contributed by atoms with van der Waals surface area (Å²) in [7, 11) is 3.65. The summed E-state index contributed by atoms with van der Waals surface area (Å²) in [6.07, 6.45) is 3.40. The number of anilines is 1. The van der Waals surface area contributed by atoms with Crippen molar-refractivity contribution in [3.05, 3.63) is 45.9 Å². The number of ether oxygens (including phenoxy) is 1. The maximum absolute atomic E-state index is 14.2. The van der Waals surface area contributed by atoms with E-state index in [1.54, 1.807) is 36.4 Å². The molecule has 13 nitrogen and oxygen atoms in total. The average Bonchev–Trinajstić information content (AvgIpc) is 3.59. The lowest BCUT2D eigenvalue weighted by molar-refractivity contribution is -0.149. The van der Waals surface area contributed by atoms with E-state index in [0.29, 0.717) is 23.5 Å². The van der Waals surface area contributed by atoms with E-state index >= 15 is 0 Å². The van der Waals surface area contributed by atoms with Gasteiger partial charge >= 0.3 is 11.9 Å². The zero-order valence-corrected chi connectivity index (χ0v) is 32.7. The molecule has 3 amide bonds. The molecule has 52 heavy (non-hydrogen) atoms. The highest BCUT2D eigenvalue weighted by atomic mass is 32.1. The van der Waals surface area contributed by atoms with Crippen LogP contribution in [0.4, 0.5) is 5.69 Å². The minimum absolute atomic E-state index is 0.0576. The van der Waals surface area contributed by atoms with E-state index in [1.165, 1.54) is 18.3 Å². The Kier molecular flexibility index (Phi) is 16.1. The maximum Gasteiger partial charge on any atom is 0.306 e. The molecule has 0 saturated carbocycles. The van der Waals surface area contributed by atoms with Gasteiger partial charge in [-0.15, -0.1) is 11.3 Å². The summed E-state index contributed by atoms with van der Waals surface area (Å²) in [5, 5.41) is 17.6. The Balaban J connectivity index is 1.81. The predicted octanol–water partition coefficient (Wildman–Crippen LogP) is 4.67. The van der Waals surface area contributed by atoms with Crippen LogP contribution in [-0.2, 0) is 30.3 Å². The highest BCUT2D eigenvalue weighted by Crippen LogP contribution is 2.31. The summed E-state index contributed by atoms with van der Waals surface area (Å²) >= 11 is 1.17. The van der Waals surface area contributed by atoms with Crippen LogP contribution in [0.25, 0.3) is 0 Å². The predicted molar refractivity (Wildman–Crippen MR) is 202 cm³/mol.